The van der Waals surface area contributed by atoms with Gasteiger partial charge < -0.3 is 14.8 Å². The Morgan fingerprint density at radius 3 is 2.70 bits per heavy atom. The Bertz CT molecular complexity index is 695. The van der Waals surface area contributed by atoms with Gasteiger partial charge in [0, 0.05) is 4.88 Å². The molecule has 0 aliphatic heterocycles. The van der Waals surface area contributed by atoms with E-state index in [9.17, 15) is 9.59 Å². The molecule has 0 unspecified atom stereocenters. The molecule has 0 aliphatic carbocycles. The van der Waals surface area contributed by atoms with Crippen LogP contribution in [0.2, 0.25) is 0 Å². The Balaban J connectivity index is 1.85. The number of aryl methyl sites for hydroxylation is 1. The van der Waals surface area contributed by atoms with E-state index in [4.69, 9.17) is 9.47 Å². The lowest BCUT2D eigenvalue weighted by atomic mass is 10.1. The van der Waals surface area contributed by atoms with Gasteiger partial charge in [-0.3, -0.25) is 4.79 Å². The van der Waals surface area contributed by atoms with Gasteiger partial charge in [0.1, 0.15) is 10.6 Å². The van der Waals surface area contributed by atoms with E-state index < -0.39 is 5.97 Å². The molecule has 0 aliphatic rings. The number of carbonyl (C=O) groups excluding carboxylic acids is 2. The highest BCUT2D eigenvalue weighted by Crippen LogP contribution is 2.19. The van der Waals surface area contributed by atoms with Crippen molar-refractivity contribution in [1.82, 2.24) is 5.32 Å². The van der Waals surface area contributed by atoms with Gasteiger partial charge in [-0.15, -0.1) is 11.3 Å². The summed E-state index contributed by atoms with van der Waals surface area (Å²) >= 11 is 1.34. The molecule has 1 aromatic carbocycles. The van der Waals surface area contributed by atoms with E-state index in [1.807, 2.05) is 44.2 Å². The summed E-state index contributed by atoms with van der Waals surface area (Å²) in [4.78, 5) is 25.2. The smallest absolute Gasteiger partial charge is 0.348 e. The van der Waals surface area contributed by atoms with Crippen LogP contribution in [0.4, 0.5) is 0 Å². The third-order valence-corrected chi connectivity index (χ3v) is 4.23. The second-order valence-electron chi connectivity index (χ2n) is 5.05. The van der Waals surface area contributed by atoms with E-state index in [1.54, 1.807) is 13.2 Å². The molecular formula is C17H19NO4S. The number of nitrogens with one attached hydrogen (secondary N) is 1. The first-order valence-electron chi connectivity index (χ1n) is 7.16. The van der Waals surface area contributed by atoms with Gasteiger partial charge >= 0.3 is 5.97 Å². The molecule has 0 saturated heterocycles. The maximum Gasteiger partial charge on any atom is 0.348 e. The standard InChI is InChI=1S/C17H19NO4S/c1-11-7-8-15(23-11)17(20)22-10-16(19)18-12(2)13-5-4-6-14(9-13)21-3/h4-9,12H,10H2,1-3H3,(H,18,19)/t12-/m1/s1. The fourth-order valence-corrected chi connectivity index (χ4v) is 2.79. The van der Waals surface area contributed by atoms with Gasteiger partial charge in [0.15, 0.2) is 6.61 Å². The van der Waals surface area contributed by atoms with Gasteiger partial charge in [-0.1, -0.05) is 12.1 Å². The van der Waals surface area contributed by atoms with E-state index in [1.165, 1.54) is 11.3 Å². The second kappa shape index (κ2) is 7.78. The van der Waals surface area contributed by atoms with Crippen molar-refractivity contribution in [2.24, 2.45) is 0 Å². The second-order valence-corrected chi connectivity index (χ2v) is 6.34. The number of hydrogen-bond donors (Lipinski definition) is 1. The minimum Gasteiger partial charge on any atom is -0.497 e. The molecular weight excluding hydrogens is 314 g/mol. The Kier molecular flexibility index (Phi) is 5.76. The fourth-order valence-electron chi connectivity index (χ4n) is 2.02. The number of hydrogen-bond acceptors (Lipinski definition) is 5. The highest BCUT2D eigenvalue weighted by Gasteiger charge is 2.14. The molecule has 5 nitrogen and oxygen atoms in total. The van der Waals surface area contributed by atoms with Crippen LogP contribution in [0.15, 0.2) is 36.4 Å². The van der Waals surface area contributed by atoms with Crippen molar-refractivity contribution in [3.63, 3.8) is 0 Å². The minimum atomic E-state index is -0.479. The molecule has 2 rings (SSSR count). The van der Waals surface area contributed by atoms with Crippen LogP contribution in [0.5, 0.6) is 5.75 Å². The molecule has 122 valence electrons. The molecule has 0 saturated carbocycles. The molecule has 1 heterocycles. The summed E-state index contributed by atoms with van der Waals surface area (Å²) in [5.74, 6) is -0.0997. The Morgan fingerprint density at radius 1 is 1.26 bits per heavy atom. The van der Waals surface area contributed by atoms with Crippen LogP contribution in [0.3, 0.4) is 0 Å². The van der Waals surface area contributed by atoms with Crippen LogP contribution in [0, 0.1) is 6.92 Å². The number of rotatable bonds is 6. The van der Waals surface area contributed by atoms with Crippen LogP contribution < -0.4 is 10.1 Å². The quantitative estimate of drug-likeness (QED) is 0.825. The van der Waals surface area contributed by atoms with Gasteiger partial charge in [0.2, 0.25) is 0 Å². The Morgan fingerprint density at radius 2 is 2.04 bits per heavy atom. The lowest BCUT2D eigenvalue weighted by Crippen LogP contribution is -2.31. The van der Waals surface area contributed by atoms with E-state index in [2.05, 4.69) is 5.32 Å². The van der Waals surface area contributed by atoms with Crippen molar-refractivity contribution in [2.45, 2.75) is 19.9 Å². The van der Waals surface area contributed by atoms with Crippen LogP contribution >= 0.6 is 11.3 Å². The highest BCUT2D eigenvalue weighted by molar-refractivity contribution is 7.13. The number of benzene rings is 1. The predicted molar refractivity (Wildman–Crippen MR) is 88.9 cm³/mol. The summed E-state index contributed by atoms with van der Waals surface area (Å²) in [6.45, 7) is 3.46. The zero-order valence-corrected chi connectivity index (χ0v) is 14.1. The topological polar surface area (TPSA) is 64.6 Å². The average molecular weight is 333 g/mol. The maximum atomic E-state index is 11.9. The van der Waals surface area contributed by atoms with Crippen molar-refractivity contribution in [2.75, 3.05) is 13.7 Å². The monoisotopic (exact) mass is 333 g/mol. The molecule has 1 N–H and O–H groups in total. The number of methoxy groups -OCH3 is 1. The van der Waals surface area contributed by atoms with Crippen LogP contribution in [0.1, 0.15) is 33.1 Å². The summed E-state index contributed by atoms with van der Waals surface area (Å²) in [6, 6.07) is 10.8. The fraction of sp³-hybridized carbons (Fsp3) is 0.294. The Labute approximate surface area is 139 Å². The molecule has 1 atom stereocenters. The Hall–Kier alpha value is -2.34. The third-order valence-electron chi connectivity index (χ3n) is 3.25. The zero-order chi connectivity index (χ0) is 16.8. The molecule has 0 radical (unpaired) electrons. The SMILES string of the molecule is COc1cccc([C@@H](C)NC(=O)COC(=O)c2ccc(C)s2)c1. The molecule has 1 aromatic heterocycles. The lowest BCUT2D eigenvalue weighted by Gasteiger charge is -2.15. The molecule has 23 heavy (non-hydrogen) atoms. The molecule has 6 heteroatoms. The third kappa shape index (κ3) is 4.82. The molecule has 0 fully saturated rings. The van der Waals surface area contributed by atoms with Crippen molar-refractivity contribution in [3.8, 4) is 5.75 Å². The number of esters is 1. The summed E-state index contributed by atoms with van der Waals surface area (Å²) in [5, 5.41) is 2.79. The van der Waals surface area contributed by atoms with Crippen LogP contribution in [0.25, 0.3) is 0 Å². The van der Waals surface area contributed by atoms with Gasteiger partial charge in [-0.25, -0.2) is 4.79 Å². The van der Waals surface area contributed by atoms with Crippen molar-refractivity contribution in [3.05, 3.63) is 51.7 Å². The number of ether oxygens (including phenoxy) is 2. The van der Waals surface area contributed by atoms with Gasteiger partial charge in [-0.05, 0) is 43.7 Å². The normalized spacial score (nSPS) is 11.6. The highest BCUT2D eigenvalue weighted by atomic mass is 32.1. The van der Waals surface area contributed by atoms with Crippen LogP contribution in [-0.4, -0.2) is 25.6 Å². The van der Waals surface area contributed by atoms with Gasteiger partial charge in [0.05, 0.1) is 13.2 Å². The first-order valence-corrected chi connectivity index (χ1v) is 7.98. The lowest BCUT2D eigenvalue weighted by molar-refractivity contribution is -0.124. The average Bonchev–Trinajstić information content (AvgIpc) is 2.99. The number of amides is 1. The first-order chi connectivity index (χ1) is 11.0. The summed E-state index contributed by atoms with van der Waals surface area (Å²) in [5.41, 5.74) is 0.915. The van der Waals surface area contributed by atoms with Crippen molar-refractivity contribution in [1.29, 1.82) is 0 Å². The minimum absolute atomic E-state index is 0.208. The molecule has 2 aromatic rings. The molecule has 0 bridgehead atoms. The van der Waals surface area contributed by atoms with E-state index in [0.717, 1.165) is 16.2 Å². The van der Waals surface area contributed by atoms with Crippen molar-refractivity contribution < 1.29 is 19.1 Å². The summed E-state index contributed by atoms with van der Waals surface area (Å²) in [7, 11) is 1.59. The summed E-state index contributed by atoms with van der Waals surface area (Å²) < 4.78 is 10.2. The van der Waals surface area contributed by atoms with Gasteiger partial charge in [-0.2, -0.15) is 0 Å². The van der Waals surface area contributed by atoms with Gasteiger partial charge in [0.25, 0.3) is 5.91 Å². The van der Waals surface area contributed by atoms with Crippen LogP contribution in [-0.2, 0) is 9.53 Å². The number of carbonyl (C=O) groups is 2. The van der Waals surface area contributed by atoms with E-state index in [-0.39, 0.29) is 18.6 Å². The van der Waals surface area contributed by atoms with E-state index >= 15 is 0 Å². The summed E-state index contributed by atoms with van der Waals surface area (Å²) in [6.07, 6.45) is 0. The first kappa shape index (κ1) is 17.0. The van der Waals surface area contributed by atoms with E-state index in [0.29, 0.717) is 4.88 Å². The molecule has 1 amide bonds. The predicted octanol–water partition coefficient (Wildman–Crippen LogP) is 3.10. The largest absolute Gasteiger partial charge is 0.497 e. The van der Waals surface area contributed by atoms with Crippen molar-refractivity contribution >= 4 is 23.2 Å². The number of thiophene rings is 1. The maximum absolute atomic E-state index is 11.9. The zero-order valence-electron chi connectivity index (χ0n) is 13.3. The molecule has 0 spiro atoms.